The summed E-state index contributed by atoms with van der Waals surface area (Å²) in [5.41, 5.74) is 0. The molecular formula is C54H106O16. The van der Waals surface area contributed by atoms with Gasteiger partial charge in [-0.3, -0.25) is 0 Å². The first-order chi connectivity index (χ1) is 33.7. The molecule has 2 fully saturated rings. The molecule has 0 amide bonds. The van der Waals surface area contributed by atoms with Crippen molar-refractivity contribution in [1.29, 1.82) is 0 Å². The van der Waals surface area contributed by atoms with Gasteiger partial charge < -0.3 is 78.7 Å². The lowest BCUT2D eigenvalue weighted by Crippen LogP contribution is -2.40. The molecule has 2 aliphatic rings. The van der Waals surface area contributed by atoms with Gasteiger partial charge in [0.25, 0.3) is 0 Å². The summed E-state index contributed by atoms with van der Waals surface area (Å²) in [6.07, 6.45) is 12.3. The second-order valence-electron chi connectivity index (χ2n) is 21.6. The van der Waals surface area contributed by atoms with Gasteiger partial charge in [0.05, 0.1) is 39.6 Å². The normalized spacial score (nSPS) is 25.5. The average molecular weight is 1010 g/mol. The van der Waals surface area contributed by atoms with Crippen molar-refractivity contribution in [3.63, 3.8) is 0 Å². The fraction of sp³-hybridized carbons (Fsp3) is 1.00. The SMILES string of the molecule is CC(C)CCC[C@@H](C)CCO[C@H](COCCCCCCCCCCCCCCCCOC[C@H](CO[C@@H]1O[C@@H]([C@@H](O)CO)[C@H](O)[C@H]1O)OCC[C@H](C)CCCC(C)C)CO[C@@H]1O[C@@H]([C@@H](O)CO)[C@H](O)[C@H]1O. The highest BCUT2D eigenvalue weighted by molar-refractivity contribution is 4.91. The molecule has 0 spiro atoms. The molecule has 70 heavy (non-hydrogen) atoms. The van der Waals surface area contributed by atoms with Gasteiger partial charge in [0.2, 0.25) is 0 Å². The van der Waals surface area contributed by atoms with E-state index in [-0.39, 0.29) is 25.4 Å². The Morgan fingerprint density at radius 2 is 0.714 bits per heavy atom. The molecular weight excluding hydrogens is 905 g/mol. The van der Waals surface area contributed by atoms with E-state index in [9.17, 15) is 40.9 Å². The largest absolute Gasteiger partial charge is 0.394 e. The molecule has 2 saturated heterocycles. The summed E-state index contributed by atoms with van der Waals surface area (Å²) in [5, 5.41) is 79.8. The number of unbranched alkanes of at least 4 members (excludes halogenated alkanes) is 13. The second kappa shape index (κ2) is 40.6. The monoisotopic (exact) mass is 1010 g/mol. The Bertz CT molecular complexity index is 1100. The number of aliphatic hydroxyl groups is 8. The van der Waals surface area contributed by atoms with E-state index < -0.39 is 74.6 Å². The van der Waals surface area contributed by atoms with Crippen LogP contribution >= 0.6 is 0 Å². The van der Waals surface area contributed by atoms with Crippen LogP contribution in [0, 0.1) is 23.7 Å². The fourth-order valence-electron chi connectivity index (χ4n) is 9.02. The summed E-state index contributed by atoms with van der Waals surface area (Å²) < 4.78 is 47.1. The molecule has 16 heteroatoms. The van der Waals surface area contributed by atoms with Crippen molar-refractivity contribution in [3.05, 3.63) is 0 Å². The minimum absolute atomic E-state index is 0.102. The molecule has 16 nitrogen and oxygen atoms in total. The van der Waals surface area contributed by atoms with Crippen LogP contribution in [0.25, 0.3) is 0 Å². The first kappa shape index (κ1) is 65.5. The molecule has 2 rings (SSSR count). The Balaban J connectivity index is 1.53. The van der Waals surface area contributed by atoms with Crippen LogP contribution in [0.15, 0.2) is 0 Å². The summed E-state index contributed by atoms with van der Waals surface area (Å²) in [7, 11) is 0. The maximum Gasteiger partial charge on any atom is 0.186 e. The lowest BCUT2D eigenvalue weighted by molar-refractivity contribution is -0.198. The van der Waals surface area contributed by atoms with Gasteiger partial charge in [-0.2, -0.15) is 0 Å². The smallest absolute Gasteiger partial charge is 0.186 e. The molecule has 0 radical (unpaired) electrons. The van der Waals surface area contributed by atoms with Gasteiger partial charge in [0.1, 0.15) is 61.0 Å². The Morgan fingerprint density at radius 1 is 0.386 bits per heavy atom. The first-order valence-corrected chi connectivity index (χ1v) is 27.9. The molecule has 0 aromatic rings. The van der Waals surface area contributed by atoms with Crippen LogP contribution < -0.4 is 0 Å². The molecule has 418 valence electrons. The number of rotatable bonds is 47. The van der Waals surface area contributed by atoms with Gasteiger partial charge in [-0.25, -0.2) is 0 Å². The van der Waals surface area contributed by atoms with Gasteiger partial charge in [-0.15, -0.1) is 0 Å². The highest BCUT2D eigenvalue weighted by Crippen LogP contribution is 2.27. The summed E-state index contributed by atoms with van der Waals surface area (Å²) in [4.78, 5) is 0. The minimum atomic E-state index is -1.37. The Labute approximate surface area is 423 Å². The third-order valence-electron chi connectivity index (χ3n) is 13.9. The predicted molar refractivity (Wildman–Crippen MR) is 270 cm³/mol. The molecule has 2 heterocycles. The molecule has 14 atom stereocenters. The molecule has 0 aromatic heterocycles. The highest BCUT2D eigenvalue weighted by Gasteiger charge is 2.48. The third-order valence-corrected chi connectivity index (χ3v) is 13.9. The van der Waals surface area contributed by atoms with Crippen LogP contribution in [0.3, 0.4) is 0 Å². The van der Waals surface area contributed by atoms with Gasteiger partial charge in [-0.05, 0) is 49.4 Å². The Kier molecular flexibility index (Phi) is 38.0. The van der Waals surface area contributed by atoms with Crippen molar-refractivity contribution < 1.29 is 78.7 Å². The molecule has 0 aliphatic carbocycles. The zero-order valence-electron chi connectivity index (χ0n) is 44.7. The standard InChI is InChI=1S/C54H106O16/c1-39(2)23-21-25-41(5)27-31-65-43(37-67-53-49(61)47(59)51(69-53)45(57)33-55)35-63-29-19-17-15-13-11-9-7-8-10-12-14-16-18-20-30-64-36-44(66-32-28-42(6)26-22-24-40(3)4)38-68-54-50(62)48(60)52(70-54)46(58)34-56/h39-62H,7-38H2,1-6H3/t41-,42-,43-,44-,45+,46+,47-,48-,49-,50-,51+,52+,53-,54-/m1/s1. The number of aliphatic hydroxyl groups excluding tert-OH is 8. The summed E-state index contributed by atoms with van der Waals surface area (Å²) in [6, 6.07) is 0. The van der Waals surface area contributed by atoms with E-state index in [0.717, 1.165) is 51.4 Å². The molecule has 0 aromatic carbocycles. The van der Waals surface area contributed by atoms with Crippen LogP contribution in [0.1, 0.15) is 183 Å². The maximum absolute atomic E-state index is 10.4. The van der Waals surface area contributed by atoms with E-state index in [1.54, 1.807) is 0 Å². The van der Waals surface area contributed by atoms with E-state index in [1.165, 1.54) is 89.9 Å². The van der Waals surface area contributed by atoms with Crippen molar-refractivity contribution in [3.8, 4) is 0 Å². The zero-order chi connectivity index (χ0) is 51.5. The van der Waals surface area contributed by atoms with Crippen molar-refractivity contribution in [2.45, 2.75) is 256 Å². The second-order valence-corrected chi connectivity index (χ2v) is 21.6. The molecule has 2 aliphatic heterocycles. The predicted octanol–water partition coefficient (Wildman–Crippen LogP) is 6.59. The molecule has 8 N–H and O–H groups in total. The summed E-state index contributed by atoms with van der Waals surface area (Å²) in [6.45, 7) is 15.6. The fourth-order valence-corrected chi connectivity index (χ4v) is 9.02. The number of hydrogen-bond acceptors (Lipinski definition) is 16. The van der Waals surface area contributed by atoms with E-state index in [4.69, 9.17) is 37.9 Å². The van der Waals surface area contributed by atoms with Crippen LogP contribution in [0.5, 0.6) is 0 Å². The summed E-state index contributed by atoms with van der Waals surface area (Å²) in [5.74, 6) is 2.50. The molecule has 0 bridgehead atoms. The van der Waals surface area contributed by atoms with Crippen LogP contribution in [-0.4, -0.2) is 181 Å². The first-order valence-electron chi connectivity index (χ1n) is 27.9. The van der Waals surface area contributed by atoms with E-state index in [1.807, 2.05) is 0 Å². The van der Waals surface area contributed by atoms with E-state index >= 15 is 0 Å². The van der Waals surface area contributed by atoms with Gasteiger partial charge in [0, 0.05) is 26.4 Å². The Morgan fingerprint density at radius 3 is 1.03 bits per heavy atom. The van der Waals surface area contributed by atoms with Gasteiger partial charge in [-0.1, -0.05) is 157 Å². The van der Waals surface area contributed by atoms with Crippen molar-refractivity contribution in [2.24, 2.45) is 23.7 Å². The van der Waals surface area contributed by atoms with Gasteiger partial charge >= 0.3 is 0 Å². The molecule has 0 saturated carbocycles. The zero-order valence-corrected chi connectivity index (χ0v) is 44.7. The number of hydrogen-bond donors (Lipinski definition) is 8. The maximum atomic E-state index is 10.4. The number of ether oxygens (including phenoxy) is 8. The summed E-state index contributed by atoms with van der Waals surface area (Å²) >= 11 is 0. The Hall–Kier alpha value is -0.640. The lowest BCUT2D eigenvalue weighted by atomic mass is 9.98. The van der Waals surface area contributed by atoms with E-state index in [0.29, 0.717) is 63.3 Å². The lowest BCUT2D eigenvalue weighted by Gasteiger charge is -2.23. The highest BCUT2D eigenvalue weighted by atomic mass is 16.7. The minimum Gasteiger partial charge on any atom is -0.394 e. The van der Waals surface area contributed by atoms with Crippen LogP contribution in [0.2, 0.25) is 0 Å². The van der Waals surface area contributed by atoms with Crippen molar-refractivity contribution in [2.75, 3.05) is 66.1 Å². The topological polar surface area (TPSA) is 236 Å². The molecule has 0 unspecified atom stereocenters. The average Bonchev–Trinajstić information content (AvgIpc) is 3.78. The van der Waals surface area contributed by atoms with Crippen LogP contribution in [-0.2, 0) is 37.9 Å². The third kappa shape index (κ3) is 29.5. The van der Waals surface area contributed by atoms with E-state index in [2.05, 4.69) is 41.5 Å². The van der Waals surface area contributed by atoms with Crippen molar-refractivity contribution in [1.82, 2.24) is 0 Å². The van der Waals surface area contributed by atoms with Gasteiger partial charge in [0.15, 0.2) is 12.6 Å². The van der Waals surface area contributed by atoms with Crippen molar-refractivity contribution >= 4 is 0 Å². The van der Waals surface area contributed by atoms with Crippen LogP contribution in [0.4, 0.5) is 0 Å². The quantitative estimate of drug-likeness (QED) is 0.0300.